The van der Waals surface area contributed by atoms with Crippen LogP contribution in [-0.4, -0.2) is 37.0 Å². The van der Waals surface area contributed by atoms with E-state index in [1.54, 1.807) is 0 Å². The Bertz CT molecular complexity index is 181. The lowest BCUT2D eigenvalue weighted by molar-refractivity contribution is -0.123. The monoisotopic (exact) mass is 230 g/mol. The Morgan fingerprint density at radius 1 is 1.47 bits per heavy atom. The van der Waals surface area contributed by atoms with E-state index in [0.29, 0.717) is 0 Å². The molecule has 3 nitrogen and oxygen atoms in total. The summed E-state index contributed by atoms with van der Waals surface area (Å²) in [7, 11) is 0. The second-order valence-electron chi connectivity index (χ2n) is 3.99. The fourth-order valence-electron chi connectivity index (χ4n) is 1.78. The van der Waals surface area contributed by atoms with Gasteiger partial charge in [0.1, 0.15) is 0 Å². The SMILES string of the molecule is CSCCCCNC(=O)[C@H]1CCCCN1. The van der Waals surface area contributed by atoms with E-state index in [9.17, 15) is 4.79 Å². The van der Waals surface area contributed by atoms with Crippen LogP contribution in [0.15, 0.2) is 0 Å². The predicted octanol–water partition coefficient (Wildman–Crippen LogP) is 1.39. The summed E-state index contributed by atoms with van der Waals surface area (Å²) in [5, 5.41) is 6.26. The van der Waals surface area contributed by atoms with Gasteiger partial charge in [-0.25, -0.2) is 0 Å². The van der Waals surface area contributed by atoms with Crippen LogP contribution >= 0.6 is 11.8 Å². The molecule has 88 valence electrons. The molecule has 0 aliphatic carbocycles. The highest BCUT2D eigenvalue weighted by atomic mass is 32.2. The molecule has 0 aromatic heterocycles. The summed E-state index contributed by atoms with van der Waals surface area (Å²) in [4.78, 5) is 11.7. The first-order valence-electron chi connectivity index (χ1n) is 5.84. The van der Waals surface area contributed by atoms with E-state index in [1.165, 1.54) is 25.0 Å². The van der Waals surface area contributed by atoms with Crippen molar-refractivity contribution in [2.75, 3.05) is 25.1 Å². The van der Waals surface area contributed by atoms with Crippen LogP contribution in [0.25, 0.3) is 0 Å². The van der Waals surface area contributed by atoms with Crippen molar-refractivity contribution in [1.82, 2.24) is 10.6 Å². The van der Waals surface area contributed by atoms with Gasteiger partial charge in [-0.15, -0.1) is 0 Å². The number of amides is 1. The number of nitrogens with one attached hydrogen (secondary N) is 2. The minimum absolute atomic E-state index is 0.0688. The lowest BCUT2D eigenvalue weighted by atomic mass is 10.0. The maximum Gasteiger partial charge on any atom is 0.237 e. The third-order valence-electron chi connectivity index (χ3n) is 2.70. The molecule has 0 spiro atoms. The van der Waals surface area contributed by atoms with Crippen LogP contribution in [0.5, 0.6) is 0 Å². The molecule has 15 heavy (non-hydrogen) atoms. The first-order valence-corrected chi connectivity index (χ1v) is 7.24. The topological polar surface area (TPSA) is 41.1 Å². The molecule has 0 aromatic rings. The summed E-state index contributed by atoms with van der Waals surface area (Å²) in [6.45, 7) is 1.82. The standard InChI is InChI=1S/C11H22N2OS/c1-15-9-5-4-8-13-11(14)10-6-2-3-7-12-10/h10,12H,2-9H2,1H3,(H,13,14)/t10-/m1/s1. The van der Waals surface area contributed by atoms with Crippen molar-refractivity contribution in [3.8, 4) is 0 Å². The van der Waals surface area contributed by atoms with Crippen molar-refractivity contribution in [1.29, 1.82) is 0 Å². The molecule has 4 heteroatoms. The summed E-state index contributed by atoms with van der Waals surface area (Å²) >= 11 is 1.86. The molecule has 2 N–H and O–H groups in total. The Morgan fingerprint density at radius 2 is 2.33 bits per heavy atom. The van der Waals surface area contributed by atoms with Crippen molar-refractivity contribution in [2.45, 2.75) is 38.1 Å². The lowest BCUT2D eigenvalue weighted by Crippen LogP contribution is -2.46. The minimum Gasteiger partial charge on any atom is -0.355 e. The lowest BCUT2D eigenvalue weighted by Gasteiger charge is -2.22. The van der Waals surface area contributed by atoms with Gasteiger partial charge in [-0.2, -0.15) is 11.8 Å². The van der Waals surface area contributed by atoms with E-state index in [-0.39, 0.29) is 11.9 Å². The van der Waals surface area contributed by atoms with E-state index < -0.39 is 0 Å². The first-order chi connectivity index (χ1) is 7.34. The highest BCUT2D eigenvalue weighted by Gasteiger charge is 2.19. The molecule has 1 fully saturated rings. The minimum atomic E-state index is 0.0688. The van der Waals surface area contributed by atoms with Gasteiger partial charge in [0.15, 0.2) is 0 Å². The molecule has 1 amide bonds. The fraction of sp³-hybridized carbons (Fsp3) is 0.909. The number of hydrogen-bond acceptors (Lipinski definition) is 3. The Hall–Kier alpha value is -0.220. The van der Waals surface area contributed by atoms with Crippen LogP contribution in [0.4, 0.5) is 0 Å². The molecular weight excluding hydrogens is 208 g/mol. The van der Waals surface area contributed by atoms with Gasteiger partial charge in [0.25, 0.3) is 0 Å². The van der Waals surface area contributed by atoms with Gasteiger partial charge in [0.05, 0.1) is 6.04 Å². The van der Waals surface area contributed by atoms with E-state index in [1.807, 2.05) is 11.8 Å². The second kappa shape index (κ2) is 7.99. The summed E-state index contributed by atoms with van der Waals surface area (Å²) in [6.07, 6.45) is 7.79. The van der Waals surface area contributed by atoms with Gasteiger partial charge >= 0.3 is 0 Å². The first kappa shape index (κ1) is 12.8. The molecule has 0 unspecified atom stereocenters. The molecule has 1 aliphatic heterocycles. The van der Waals surface area contributed by atoms with E-state index >= 15 is 0 Å². The molecular formula is C11H22N2OS. The maximum atomic E-state index is 11.7. The molecule has 1 rings (SSSR count). The largest absolute Gasteiger partial charge is 0.355 e. The third kappa shape index (κ3) is 5.42. The number of thioether (sulfide) groups is 1. The van der Waals surface area contributed by atoms with Gasteiger partial charge in [-0.05, 0) is 44.2 Å². The van der Waals surface area contributed by atoms with Gasteiger partial charge in [0.2, 0.25) is 5.91 Å². The highest BCUT2D eigenvalue weighted by molar-refractivity contribution is 7.98. The quantitative estimate of drug-likeness (QED) is 0.678. The highest BCUT2D eigenvalue weighted by Crippen LogP contribution is 2.06. The van der Waals surface area contributed by atoms with Crippen molar-refractivity contribution in [2.24, 2.45) is 0 Å². The van der Waals surface area contributed by atoms with Gasteiger partial charge in [0, 0.05) is 6.54 Å². The summed E-state index contributed by atoms with van der Waals surface area (Å²) in [5.74, 6) is 1.39. The maximum absolute atomic E-state index is 11.7. The Balaban J connectivity index is 2.02. The summed E-state index contributed by atoms with van der Waals surface area (Å²) in [5.41, 5.74) is 0. The van der Waals surface area contributed by atoms with Crippen LogP contribution in [0.2, 0.25) is 0 Å². The van der Waals surface area contributed by atoms with Crippen LogP contribution in [0, 0.1) is 0 Å². The number of piperidine rings is 1. The average molecular weight is 230 g/mol. The van der Waals surface area contributed by atoms with Crippen molar-refractivity contribution >= 4 is 17.7 Å². The Kier molecular flexibility index (Phi) is 6.85. The van der Waals surface area contributed by atoms with Gasteiger partial charge < -0.3 is 10.6 Å². The number of carbonyl (C=O) groups is 1. The molecule has 0 radical (unpaired) electrons. The average Bonchev–Trinajstić information content (AvgIpc) is 2.30. The number of carbonyl (C=O) groups excluding carboxylic acids is 1. The summed E-state index contributed by atoms with van der Waals surface area (Å²) in [6, 6.07) is 0.0688. The molecule has 1 atom stereocenters. The zero-order valence-corrected chi connectivity index (χ0v) is 10.4. The number of hydrogen-bond donors (Lipinski definition) is 2. The van der Waals surface area contributed by atoms with Crippen molar-refractivity contribution in [3.63, 3.8) is 0 Å². The molecule has 1 heterocycles. The van der Waals surface area contributed by atoms with E-state index in [0.717, 1.165) is 25.9 Å². The zero-order valence-electron chi connectivity index (χ0n) is 9.55. The van der Waals surface area contributed by atoms with Crippen LogP contribution in [0.1, 0.15) is 32.1 Å². The van der Waals surface area contributed by atoms with Gasteiger partial charge in [-0.3, -0.25) is 4.79 Å². The molecule has 0 aromatic carbocycles. The molecule has 1 saturated heterocycles. The Morgan fingerprint density at radius 3 is 3.00 bits per heavy atom. The van der Waals surface area contributed by atoms with Crippen LogP contribution in [0.3, 0.4) is 0 Å². The molecule has 1 aliphatic rings. The predicted molar refractivity (Wildman–Crippen MR) is 66.3 cm³/mol. The van der Waals surface area contributed by atoms with Crippen molar-refractivity contribution < 1.29 is 4.79 Å². The van der Waals surface area contributed by atoms with Crippen LogP contribution in [-0.2, 0) is 4.79 Å². The fourth-order valence-corrected chi connectivity index (χ4v) is 2.27. The zero-order chi connectivity index (χ0) is 10.9. The third-order valence-corrected chi connectivity index (χ3v) is 3.40. The molecule has 0 bridgehead atoms. The number of rotatable bonds is 6. The van der Waals surface area contributed by atoms with Crippen molar-refractivity contribution in [3.05, 3.63) is 0 Å². The number of unbranched alkanes of at least 4 members (excludes halogenated alkanes) is 1. The van der Waals surface area contributed by atoms with Gasteiger partial charge in [-0.1, -0.05) is 6.42 Å². The van der Waals surface area contributed by atoms with E-state index in [4.69, 9.17) is 0 Å². The van der Waals surface area contributed by atoms with E-state index in [2.05, 4.69) is 16.9 Å². The summed E-state index contributed by atoms with van der Waals surface area (Å²) < 4.78 is 0. The smallest absolute Gasteiger partial charge is 0.237 e. The molecule has 0 saturated carbocycles. The Labute approximate surface area is 96.8 Å². The second-order valence-corrected chi connectivity index (χ2v) is 4.98. The normalized spacial score (nSPS) is 21.3. The van der Waals surface area contributed by atoms with Crippen LogP contribution < -0.4 is 10.6 Å².